The number of rotatable bonds is 3. The number of halogens is 3. The molecule has 0 spiro atoms. The van der Waals surface area contributed by atoms with Crippen molar-refractivity contribution in [2.24, 2.45) is 5.41 Å². The number of fused-ring (bicyclic) bond motifs is 1. The third-order valence-corrected chi connectivity index (χ3v) is 4.09. The highest BCUT2D eigenvalue weighted by Gasteiger charge is 2.29. The lowest BCUT2D eigenvalue weighted by molar-refractivity contribution is 0.244. The van der Waals surface area contributed by atoms with E-state index in [9.17, 15) is 4.39 Å². The molecule has 0 fully saturated rings. The van der Waals surface area contributed by atoms with Gasteiger partial charge in [0.1, 0.15) is 5.76 Å². The van der Waals surface area contributed by atoms with Crippen LogP contribution < -0.4 is 5.32 Å². The molecule has 1 aromatic heterocycles. The minimum atomic E-state index is -0.441. The van der Waals surface area contributed by atoms with E-state index in [1.54, 1.807) is 6.07 Å². The maximum absolute atomic E-state index is 14.1. The number of furan rings is 1. The van der Waals surface area contributed by atoms with Gasteiger partial charge in [-0.05, 0) is 40.0 Å². The molecule has 0 bridgehead atoms. The van der Waals surface area contributed by atoms with Crippen molar-refractivity contribution in [3.63, 3.8) is 0 Å². The van der Waals surface area contributed by atoms with Crippen LogP contribution in [0.5, 0.6) is 0 Å². The highest BCUT2D eigenvalue weighted by Crippen LogP contribution is 2.39. The lowest BCUT2D eigenvalue weighted by Crippen LogP contribution is -2.31. The van der Waals surface area contributed by atoms with Crippen LogP contribution in [0.15, 0.2) is 21.0 Å². The van der Waals surface area contributed by atoms with Gasteiger partial charge in [0, 0.05) is 0 Å². The molecular formula is C15H18BrClFNO. The Morgan fingerprint density at radius 2 is 2.05 bits per heavy atom. The summed E-state index contributed by atoms with van der Waals surface area (Å²) in [4.78, 5) is 0. The molecule has 0 amide bonds. The molecule has 5 heteroatoms. The molecule has 1 aromatic carbocycles. The number of hydrogen-bond donors (Lipinski definition) is 1. The summed E-state index contributed by atoms with van der Waals surface area (Å²) in [5, 5.41) is 3.89. The third-order valence-electron chi connectivity index (χ3n) is 3.23. The van der Waals surface area contributed by atoms with E-state index in [2.05, 4.69) is 42.0 Å². The molecule has 1 heterocycles. The van der Waals surface area contributed by atoms with Crippen LogP contribution in [0.1, 0.15) is 39.5 Å². The monoisotopic (exact) mass is 361 g/mol. The molecule has 0 saturated carbocycles. The van der Waals surface area contributed by atoms with Crippen LogP contribution >= 0.6 is 27.5 Å². The van der Waals surface area contributed by atoms with Crippen molar-refractivity contribution in [3.05, 3.63) is 33.2 Å². The molecule has 2 nitrogen and oxygen atoms in total. The van der Waals surface area contributed by atoms with Crippen LogP contribution in [-0.4, -0.2) is 6.54 Å². The Morgan fingerprint density at radius 1 is 1.40 bits per heavy atom. The van der Waals surface area contributed by atoms with Crippen molar-refractivity contribution in [1.29, 1.82) is 0 Å². The first kappa shape index (κ1) is 15.8. The fourth-order valence-electron chi connectivity index (χ4n) is 2.30. The van der Waals surface area contributed by atoms with Gasteiger partial charge in [-0.25, -0.2) is 4.39 Å². The molecule has 20 heavy (non-hydrogen) atoms. The topological polar surface area (TPSA) is 25.2 Å². The predicted octanol–water partition coefficient (Wildman–Crippen LogP) is 5.68. The van der Waals surface area contributed by atoms with Gasteiger partial charge in [-0.2, -0.15) is 0 Å². The second-order valence-electron chi connectivity index (χ2n) is 5.90. The average Bonchev–Trinajstić information content (AvgIpc) is 2.77. The van der Waals surface area contributed by atoms with Gasteiger partial charge in [-0.15, -0.1) is 0 Å². The van der Waals surface area contributed by atoms with Crippen LogP contribution in [0.25, 0.3) is 11.0 Å². The zero-order chi connectivity index (χ0) is 15.1. The summed E-state index contributed by atoms with van der Waals surface area (Å²) in [6.45, 7) is 9.20. The van der Waals surface area contributed by atoms with Gasteiger partial charge in [0.15, 0.2) is 11.4 Å². The number of hydrogen-bond acceptors (Lipinski definition) is 2. The lowest BCUT2D eigenvalue weighted by Gasteiger charge is -2.29. The van der Waals surface area contributed by atoms with Crippen LogP contribution in [0.4, 0.5) is 4.39 Å². The van der Waals surface area contributed by atoms with Crippen molar-refractivity contribution in [1.82, 2.24) is 5.32 Å². The van der Waals surface area contributed by atoms with E-state index >= 15 is 0 Å². The van der Waals surface area contributed by atoms with Crippen LogP contribution in [0.2, 0.25) is 5.02 Å². The van der Waals surface area contributed by atoms with Gasteiger partial charge >= 0.3 is 0 Å². The molecule has 1 N–H and O–H groups in total. The van der Waals surface area contributed by atoms with E-state index in [1.165, 1.54) is 6.07 Å². The lowest BCUT2D eigenvalue weighted by atomic mass is 9.85. The van der Waals surface area contributed by atoms with E-state index in [4.69, 9.17) is 16.0 Å². The Hall–Kier alpha value is -0.580. The van der Waals surface area contributed by atoms with Crippen molar-refractivity contribution in [2.75, 3.05) is 6.54 Å². The summed E-state index contributed by atoms with van der Waals surface area (Å²) in [6, 6.07) is 3.26. The zero-order valence-electron chi connectivity index (χ0n) is 12.0. The van der Waals surface area contributed by atoms with Crippen molar-refractivity contribution < 1.29 is 8.81 Å². The van der Waals surface area contributed by atoms with Gasteiger partial charge < -0.3 is 9.73 Å². The van der Waals surface area contributed by atoms with E-state index in [1.807, 2.05) is 6.92 Å². The third kappa shape index (κ3) is 2.87. The van der Waals surface area contributed by atoms with Crippen molar-refractivity contribution in [3.8, 4) is 0 Å². The van der Waals surface area contributed by atoms with E-state index < -0.39 is 5.82 Å². The molecule has 0 saturated heterocycles. The molecule has 110 valence electrons. The van der Waals surface area contributed by atoms with Crippen molar-refractivity contribution in [2.45, 2.75) is 33.7 Å². The Kier molecular flexibility index (Phi) is 4.47. The average molecular weight is 363 g/mol. The highest BCUT2D eigenvalue weighted by molar-refractivity contribution is 9.10. The van der Waals surface area contributed by atoms with Crippen molar-refractivity contribution >= 4 is 38.5 Å². The maximum atomic E-state index is 14.1. The summed E-state index contributed by atoms with van der Waals surface area (Å²) < 4.78 is 20.6. The highest BCUT2D eigenvalue weighted by atomic mass is 79.9. The summed E-state index contributed by atoms with van der Waals surface area (Å²) in [6.07, 6.45) is 0. The second-order valence-corrected chi connectivity index (χ2v) is 7.16. The summed E-state index contributed by atoms with van der Waals surface area (Å²) in [5.74, 6) is 0.278. The summed E-state index contributed by atoms with van der Waals surface area (Å²) in [5.41, 5.74) is 0.449. The minimum Gasteiger partial charge on any atom is -0.458 e. The molecule has 1 atom stereocenters. The van der Waals surface area contributed by atoms with Gasteiger partial charge in [0.2, 0.25) is 0 Å². The maximum Gasteiger partial charge on any atom is 0.152 e. The normalized spacial score (nSPS) is 13.9. The van der Waals surface area contributed by atoms with Gasteiger partial charge in [0.25, 0.3) is 0 Å². The Balaban J connectivity index is 2.61. The number of benzene rings is 1. The standard InChI is InChI=1S/C15H18BrClFNO/c1-5-19-14(15(2,3)4)11-6-8-12(18)10(17)7-9(16)13(8)20-11/h6-7,14,19H,5H2,1-4H3. The summed E-state index contributed by atoms with van der Waals surface area (Å²) in [7, 11) is 0. The van der Waals surface area contributed by atoms with Gasteiger partial charge in [0.05, 0.1) is 20.9 Å². The molecular weight excluding hydrogens is 345 g/mol. The van der Waals surface area contributed by atoms with Crippen LogP contribution in [0, 0.1) is 11.2 Å². The fraction of sp³-hybridized carbons (Fsp3) is 0.467. The smallest absolute Gasteiger partial charge is 0.152 e. The quantitative estimate of drug-likeness (QED) is 0.710. The zero-order valence-corrected chi connectivity index (χ0v) is 14.3. The minimum absolute atomic E-state index is 0.00461. The SMILES string of the molecule is CCNC(c1cc2c(F)c(Cl)cc(Br)c2o1)C(C)(C)C. The fourth-order valence-corrected chi connectivity index (χ4v) is 3.17. The van der Waals surface area contributed by atoms with Crippen LogP contribution in [0.3, 0.4) is 0 Å². The second kappa shape index (κ2) is 5.66. The molecule has 2 rings (SSSR count). The first-order valence-corrected chi connectivity index (χ1v) is 7.73. The van der Waals surface area contributed by atoms with E-state index in [0.29, 0.717) is 15.4 Å². The van der Waals surface area contributed by atoms with E-state index in [-0.39, 0.29) is 16.5 Å². The van der Waals surface area contributed by atoms with Gasteiger partial charge in [-0.1, -0.05) is 39.3 Å². The summed E-state index contributed by atoms with van der Waals surface area (Å²) >= 11 is 9.24. The predicted molar refractivity (Wildman–Crippen MR) is 84.8 cm³/mol. The molecule has 0 aliphatic heterocycles. The Morgan fingerprint density at radius 3 is 2.60 bits per heavy atom. The first-order valence-electron chi connectivity index (χ1n) is 6.56. The number of nitrogens with one attached hydrogen (secondary N) is 1. The van der Waals surface area contributed by atoms with Gasteiger partial charge in [-0.3, -0.25) is 0 Å². The largest absolute Gasteiger partial charge is 0.458 e. The molecule has 0 aliphatic carbocycles. The van der Waals surface area contributed by atoms with Crippen LogP contribution in [-0.2, 0) is 0 Å². The van der Waals surface area contributed by atoms with E-state index in [0.717, 1.165) is 12.3 Å². The Bertz CT molecular complexity index is 633. The molecule has 1 unspecified atom stereocenters. The molecule has 0 radical (unpaired) electrons. The molecule has 2 aromatic rings. The Labute approximate surface area is 131 Å². The first-order chi connectivity index (χ1) is 9.25. The molecule has 0 aliphatic rings.